The lowest BCUT2D eigenvalue weighted by Gasteiger charge is -2.10. The Labute approximate surface area is 143 Å². The molecule has 120 valence electrons. The Hall–Kier alpha value is -2.12. The largest absolute Gasteiger partial charge is 0.321 e. The first-order valence-corrected chi connectivity index (χ1v) is 9.34. The minimum absolute atomic E-state index is 0.317. The van der Waals surface area contributed by atoms with Crippen LogP contribution in [0, 0.1) is 0 Å². The van der Waals surface area contributed by atoms with Gasteiger partial charge in [-0.2, -0.15) is 0 Å². The maximum absolute atomic E-state index is 12.0. The van der Waals surface area contributed by atoms with E-state index >= 15 is 0 Å². The predicted octanol–water partition coefficient (Wildman–Crippen LogP) is 3.47. The lowest BCUT2D eigenvalue weighted by atomic mass is 10.2. The van der Waals surface area contributed by atoms with Crippen molar-refractivity contribution in [2.75, 3.05) is 16.3 Å². The van der Waals surface area contributed by atoms with E-state index in [2.05, 4.69) is 26.0 Å². The minimum atomic E-state index is -3.42. The summed E-state index contributed by atoms with van der Waals surface area (Å²) in [5, 5.41) is 2.65. The molecule has 0 aromatic heterocycles. The van der Waals surface area contributed by atoms with Gasteiger partial charge in [-0.15, -0.1) is 0 Å². The van der Waals surface area contributed by atoms with Crippen molar-refractivity contribution in [1.29, 1.82) is 0 Å². The number of hydrogen-bond donors (Lipinski definition) is 2. The van der Waals surface area contributed by atoms with Gasteiger partial charge >= 0.3 is 0 Å². The fourth-order valence-electron chi connectivity index (χ4n) is 1.83. The minimum Gasteiger partial charge on any atom is -0.321 e. The number of carbonyl (C=O) groups is 1. The Balaban J connectivity index is 2.13. The topological polar surface area (TPSA) is 75.3 Å². The van der Waals surface area contributed by atoms with Gasteiger partial charge in [0.05, 0.1) is 17.6 Å². The van der Waals surface area contributed by atoms with Gasteiger partial charge in [-0.05, 0) is 29.8 Å². The maximum atomic E-state index is 12.0. The van der Waals surface area contributed by atoms with E-state index in [1.165, 1.54) is 6.08 Å². The summed E-state index contributed by atoms with van der Waals surface area (Å²) in [6.45, 7) is 0. The molecule has 5 nitrogen and oxygen atoms in total. The molecule has 0 saturated carbocycles. The molecule has 0 aliphatic heterocycles. The second-order valence-corrected chi connectivity index (χ2v) is 7.37. The molecule has 0 heterocycles. The molecule has 0 bridgehead atoms. The number of anilines is 2. The molecule has 0 aliphatic rings. The molecule has 0 atom stereocenters. The van der Waals surface area contributed by atoms with Crippen molar-refractivity contribution in [2.45, 2.75) is 0 Å². The molecule has 0 unspecified atom stereocenters. The van der Waals surface area contributed by atoms with E-state index in [9.17, 15) is 13.2 Å². The van der Waals surface area contributed by atoms with Crippen LogP contribution in [-0.4, -0.2) is 20.6 Å². The Morgan fingerprint density at radius 3 is 2.30 bits per heavy atom. The first-order chi connectivity index (χ1) is 10.8. The average Bonchev–Trinajstić information content (AvgIpc) is 2.47. The van der Waals surface area contributed by atoms with Gasteiger partial charge in [-0.1, -0.05) is 46.3 Å². The Morgan fingerprint density at radius 1 is 1.04 bits per heavy atom. The monoisotopic (exact) mass is 394 g/mol. The number of halogens is 1. The van der Waals surface area contributed by atoms with Crippen LogP contribution in [0.3, 0.4) is 0 Å². The second-order valence-electron chi connectivity index (χ2n) is 4.76. The lowest BCUT2D eigenvalue weighted by molar-refractivity contribution is -0.111. The van der Waals surface area contributed by atoms with Crippen LogP contribution in [0.4, 0.5) is 11.4 Å². The lowest BCUT2D eigenvalue weighted by Crippen LogP contribution is -2.14. The molecule has 0 saturated heterocycles. The van der Waals surface area contributed by atoms with E-state index < -0.39 is 10.0 Å². The SMILES string of the molecule is CS(=O)(=O)Nc1ccccc1NC(=O)/C=C/c1ccccc1Br. The molecule has 7 heteroatoms. The number of para-hydroxylation sites is 2. The van der Waals surface area contributed by atoms with Crippen molar-refractivity contribution in [1.82, 2.24) is 0 Å². The summed E-state index contributed by atoms with van der Waals surface area (Å²) in [7, 11) is -3.42. The van der Waals surface area contributed by atoms with Crippen LogP contribution < -0.4 is 10.0 Å². The van der Waals surface area contributed by atoms with Crippen LogP contribution in [0.15, 0.2) is 59.1 Å². The summed E-state index contributed by atoms with van der Waals surface area (Å²) in [6, 6.07) is 14.1. The van der Waals surface area contributed by atoms with Gasteiger partial charge in [0.25, 0.3) is 0 Å². The third kappa shape index (κ3) is 5.54. The van der Waals surface area contributed by atoms with Crippen LogP contribution in [0.1, 0.15) is 5.56 Å². The van der Waals surface area contributed by atoms with Crippen LogP contribution in [-0.2, 0) is 14.8 Å². The molecule has 2 aromatic carbocycles. The van der Waals surface area contributed by atoms with E-state index in [0.29, 0.717) is 11.4 Å². The molecule has 0 fully saturated rings. The number of amides is 1. The highest BCUT2D eigenvalue weighted by atomic mass is 79.9. The van der Waals surface area contributed by atoms with Crippen molar-refractivity contribution in [3.8, 4) is 0 Å². The van der Waals surface area contributed by atoms with Crippen LogP contribution in [0.2, 0.25) is 0 Å². The summed E-state index contributed by atoms with van der Waals surface area (Å²) < 4.78 is 25.9. The summed E-state index contributed by atoms with van der Waals surface area (Å²) in [4.78, 5) is 12.0. The smallest absolute Gasteiger partial charge is 0.248 e. The molecule has 2 N–H and O–H groups in total. The third-order valence-electron chi connectivity index (χ3n) is 2.80. The maximum Gasteiger partial charge on any atom is 0.248 e. The zero-order chi connectivity index (χ0) is 16.9. The highest BCUT2D eigenvalue weighted by Gasteiger charge is 2.08. The van der Waals surface area contributed by atoms with Crippen molar-refractivity contribution in [3.63, 3.8) is 0 Å². The molecular formula is C16H15BrN2O3S. The van der Waals surface area contributed by atoms with E-state index in [0.717, 1.165) is 16.3 Å². The van der Waals surface area contributed by atoms with Crippen LogP contribution in [0.5, 0.6) is 0 Å². The van der Waals surface area contributed by atoms with Gasteiger partial charge in [0.15, 0.2) is 0 Å². The number of sulfonamides is 1. The number of rotatable bonds is 5. The zero-order valence-electron chi connectivity index (χ0n) is 12.3. The van der Waals surface area contributed by atoms with E-state index in [-0.39, 0.29) is 5.91 Å². The Morgan fingerprint density at radius 2 is 1.65 bits per heavy atom. The highest BCUT2D eigenvalue weighted by molar-refractivity contribution is 9.10. The van der Waals surface area contributed by atoms with Crippen LogP contribution in [0.25, 0.3) is 6.08 Å². The number of hydrogen-bond acceptors (Lipinski definition) is 3. The summed E-state index contributed by atoms with van der Waals surface area (Å²) in [6.07, 6.45) is 4.11. The van der Waals surface area contributed by atoms with E-state index in [1.807, 2.05) is 24.3 Å². The first-order valence-electron chi connectivity index (χ1n) is 6.65. The fourth-order valence-corrected chi connectivity index (χ4v) is 2.83. The van der Waals surface area contributed by atoms with Crippen molar-refractivity contribution in [3.05, 3.63) is 64.6 Å². The number of carbonyl (C=O) groups excluding carboxylic acids is 1. The third-order valence-corrected chi connectivity index (χ3v) is 4.11. The predicted molar refractivity (Wildman–Crippen MR) is 96.7 cm³/mol. The van der Waals surface area contributed by atoms with Crippen molar-refractivity contribution < 1.29 is 13.2 Å². The van der Waals surface area contributed by atoms with Crippen molar-refractivity contribution in [2.24, 2.45) is 0 Å². The molecular weight excluding hydrogens is 380 g/mol. The van der Waals surface area contributed by atoms with Gasteiger partial charge < -0.3 is 5.32 Å². The van der Waals surface area contributed by atoms with E-state index in [1.54, 1.807) is 30.3 Å². The molecule has 0 aliphatic carbocycles. The first kappa shape index (κ1) is 17.2. The summed E-state index contributed by atoms with van der Waals surface area (Å²) in [5.41, 5.74) is 1.57. The summed E-state index contributed by atoms with van der Waals surface area (Å²) in [5.74, 6) is -0.358. The van der Waals surface area contributed by atoms with Gasteiger partial charge in [0.1, 0.15) is 0 Å². The average molecular weight is 395 g/mol. The van der Waals surface area contributed by atoms with Crippen LogP contribution >= 0.6 is 15.9 Å². The second kappa shape index (κ2) is 7.43. The zero-order valence-corrected chi connectivity index (χ0v) is 14.7. The molecule has 2 rings (SSSR count). The fraction of sp³-hybridized carbons (Fsp3) is 0.0625. The molecule has 1 amide bonds. The van der Waals surface area contributed by atoms with Gasteiger partial charge in [0.2, 0.25) is 15.9 Å². The molecule has 0 radical (unpaired) electrons. The van der Waals surface area contributed by atoms with Crippen molar-refractivity contribution >= 4 is 49.3 Å². The van der Waals surface area contributed by atoms with Gasteiger partial charge in [-0.3, -0.25) is 9.52 Å². The number of benzene rings is 2. The Bertz CT molecular complexity index is 848. The Kier molecular flexibility index (Phi) is 5.57. The van der Waals surface area contributed by atoms with Gasteiger partial charge in [0, 0.05) is 10.5 Å². The molecule has 2 aromatic rings. The number of nitrogens with one attached hydrogen (secondary N) is 2. The van der Waals surface area contributed by atoms with E-state index in [4.69, 9.17) is 0 Å². The molecule has 23 heavy (non-hydrogen) atoms. The molecule has 0 spiro atoms. The standard InChI is InChI=1S/C16H15BrN2O3S/c1-23(21,22)19-15-9-5-4-8-14(15)18-16(20)11-10-12-6-2-3-7-13(12)17/h2-11,19H,1H3,(H,18,20)/b11-10+. The highest BCUT2D eigenvalue weighted by Crippen LogP contribution is 2.22. The van der Waals surface area contributed by atoms with Gasteiger partial charge in [-0.25, -0.2) is 8.42 Å². The summed E-state index contributed by atoms with van der Waals surface area (Å²) >= 11 is 3.40. The normalized spacial score (nSPS) is 11.4. The quantitative estimate of drug-likeness (QED) is 0.762.